The Kier molecular flexibility index (Phi) is 10.8. The van der Waals surface area contributed by atoms with E-state index in [1.165, 1.54) is 12.1 Å². The first kappa shape index (κ1) is 29.3. The second-order valence-corrected chi connectivity index (χ2v) is 9.17. The standard InChI is InChI=1S/C18H19N3O4.C9H10Cl2FN/c19-18-15(11-22)9-14(10-20-18)13-1-3-16(4-2-13)25-12-17(23)21-5-7-24-8-6-21;1-5(13-2)8-6(10)3-4-7(12)9(8)11/h1-4,9-11H,5-8,12H2,(H2,19,20);3-5,13H,1-2H3. The van der Waals surface area contributed by atoms with Crippen molar-refractivity contribution in [2.75, 3.05) is 45.7 Å². The van der Waals surface area contributed by atoms with Gasteiger partial charge < -0.3 is 25.4 Å². The largest absolute Gasteiger partial charge is 0.484 e. The lowest BCUT2D eigenvalue weighted by Crippen LogP contribution is -2.42. The van der Waals surface area contributed by atoms with Gasteiger partial charge in [0.15, 0.2) is 12.9 Å². The van der Waals surface area contributed by atoms with Crippen LogP contribution in [0.1, 0.15) is 28.9 Å². The minimum absolute atomic E-state index is 0.00192. The number of morpholine rings is 1. The van der Waals surface area contributed by atoms with Crippen molar-refractivity contribution in [3.8, 4) is 16.9 Å². The molecule has 202 valence electrons. The Bertz CT molecular complexity index is 1250. The monoisotopic (exact) mass is 562 g/mol. The fourth-order valence-corrected chi connectivity index (χ4v) is 4.32. The number of anilines is 1. The molecule has 1 aliphatic rings. The Hall–Kier alpha value is -3.24. The number of nitrogens with two attached hydrogens (primary N) is 1. The van der Waals surface area contributed by atoms with Crippen LogP contribution in [0.25, 0.3) is 11.1 Å². The molecule has 1 aromatic heterocycles. The fraction of sp³-hybridized carbons (Fsp3) is 0.296. The molecule has 1 amide bonds. The number of hydrogen-bond donors (Lipinski definition) is 2. The van der Waals surface area contributed by atoms with Crippen LogP contribution >= 0.6 is 23.2 Å². The third-order valence-electron chi connectivity index (χ3n) is 5.94. The quantitative estimate of drug-likeness (QED) is 0.314. The van der Waals surface area contributed by atoms with Gasteiger partial charge in [0.05, 0.1) is 23.8 Å². The molecule has 0 bridgehead atoms. The second kappa shape index (κ2) is 14.1. The number of nitrogens with one attached hydrogen (secondary N) is 1. The summed E-state index contributed by atoms with van der Waals surface area (Å²) in [5.74, 6) is 0.318. The van der Waals surface area contributed by atoms with Crippen molar-refractivity contribution in [1.82, 2.24) is 15.2 Å². The molecule has 4 rings (SSSR count). The molecular formula is C27H29Cl2FN4O4. The molecule has 1 atom stereocenters. The van der Waals surface area contributed by atoms with Crippen molar-refractivity contribution in [1.29, 1.82) is 0 Å². The van der Waals surface area contributed by atoms with E-state index in [0.29, 0.717) is 54.5 Å². The van der Waals surface area contributed by atoms with Crippen LogP contribution in [0.15, 0.2) is 48.7 Å². The number of amides is 1. The zero-order valence-electron chi connectivity index (χ0n) is 21.0. The van der Waals surface area contributed by atoms with Crippen LogP contribution < -0.4 is 15.8 Å². The number of aromatic nitrogens is 1. The van der Waals surface area contributed by atoms with E-state index >= 15 is 0 Å². The Morgan fingerprint density at radius 2 is 1.89 bits per heavy atom. The van der Waals surface area contributed by atoms with Gasteiger partial charge in [0.1, 0.15) is 17.4 Å². The molecule has 3 aromatic rings. The third-order valence-corrected chi connectivity index (χ3v) is 6.65. The zero-order chi connectivity index (χ0) is 27.7. The van der Waals surface area contributed by atoms with Gasteiger partial charge in [-0.1, -0.05) is 35.3 Å². The van der Waals surface area contributed by atoms with Crippen LogP contribution in [0.2, 0.25) is 10.0 Å². The molecule has 1 unspecified atom stereocenters. The maximum atomic E-state index is 13.0. The average Bonchev–Trinajstić information content (AvgIpc) is 2.95. The number of aldehydes is 1. The molecule has 11 heteroatoms. The minimum Gasteiger partial charge on any atom is -0.484 e. The highest BCUT2D eigenvalue weighted by Crippen LogP contribution is 2.32. The summed E-state index contributed by atoms with van der Waals surface area (Å²) in [6.07, 6.45) is 2.29. The molecule has 0 aliphatic carbocycles. The number of pyridine rings is 1. The lowest BCUT2D eigenvalue weighted by molar-refractivity contribution is -0.137. The molecule has 38 heavy (non-hydrogen) atoms. The van der Waals surface area contributed by atoms with Gasteiger partial charge in [-0.25, -0.2) is 9.37 Å². The van der Waals surface area contributed by atoms with E-state index in [2.05, 4.69) is 10.3 Å². The van der Waals surface area contributed by atoms with E-state index < -0.39 is 5.82 Å². The van der Waals surface area contributed by atoms with Gasteiger partial charge in [-0.15, -0.1) is 0 Å². The van der Waals surface area contributed by atoms with Gasteiger partial charge >= 0.3 is 0 Å². The molecule has 1 fully saturated rings. The number of benzene rings is 2. The highest BCUT2D eigenvalue weighted by Gasteiger charge is 2.17. The van der Waals surface area contributed by atoms with Crippen molar-refractivity contribution in [3.05, 3.63) is 75.7 Å². The smallest absolute Gasteiger partial charge is 0.260 e. The summed E-state index contributed by atoms with van der Waals surface area (Å²) in [5, 5.41) is 3.53. The Labute approximate surface area is 230 Å². The third kappa shape index (κ3) is 7.64. The van der Waals surface area contributed by atoms with Crippen molar-refractivity contribution >= 4 is 41.2 Å². The van der Waals surface area contributed by atoms with Crippen LogP contribution in [0.5, 0.6) is 5.75 Å². The van der Waals surface area contributed by atoms with Crippen molar-refractivity contribution in [3.63, 3.8) is 0 Å². The summed E-state index contributed by atoms with van der Waals surface area (Å²) >= 11 is 11.7. The van der Waals surface area contributed by atoms with E-state index in [1.807, 2.05) is 19.1 Å². The van der Waals surface area contributed by atoms with E-state index in [-0.39, 0.29) is 29.4 Å². The number of carbonyl (C=O) groups excluding carboxylic acids is 2. The minimum atomic E-state index is -0.442. The van der Waals surface area contributed by atoms with E-state index in [0.717, 1.165) is 11.1 Å². The predicted octanol–water partition coefficient (Wildman–Crippen LogP) is 4.79. The first-order chi connectivity index (χ1) is 18.2. The highest BCUT2D eigenvalue weighted by atomic mass is 35.5. The first-order valence-corrected chi connectivity index (χ1v) is 12.6. The Balaban J connectivity index is 0.000000260. The number of nitrogens with zero attached hydrogens (tertiary/aromatic N) is 2. The van der Waals surface area contributed by atoms with Gasteiger partial charge in [0.25, 0.3) is 5.91 Å². The Morgan fingerprint density at radius 1 is 1.21 bits per heavy atom. The van der Waals surface area contributed by atoms with Gasteiger partial charge in [-0.05, 0) is 49.9 Å². The number of nitrogen functional groups attached to an aromatic ring is 1. The molecule has 3 N–H and O–H groups in total. The molecule has 1 aliphatic heterocycles. The van der Waals surface area contributed by atoms with E-state index in [4.69, 9.17) is 38.4 Å². The normalized spacial score (nSPS) is 13.8. The van der Waals surface area contributed by atoms with Gasteiger partial charge in [-0.2, -0.15) is 0 Å². The first-order valence-electron chi connectivity index (χ1n) is 11.8. The van der Waals surface area contributed by atoms with Crippen LogP contribution in [0.3, 0.4) is 0 Å². The molecule has 8 nitrogen and oxygen atoms in total. The molecular weight excluding hydrogens is 534 g/mol. The number of rotatable bonds is 7. The summed E-state index contributed by atoms with van der Waals surface area (Å²) in [6, 6.07) is 11.6. The number of halogens is 3. The maximum absolute atomic E-state index is 13.0. The van der Waals surface area contributed by atoms with Crippen LogP contribution in [-0.2, 0) is 9.53 Å². The SMILES string of the molecule is CNC(C)c1c(Cl)ccc(F)c1Cl.Nc1ncc(-c2ccc(OCC(=O)N3CCOCC3)cc2)cc1C=O. The molecule has 2 heterocycles. The Morgan fingerprint density at radius 3 is 2.53 bits per heavy atom. The molecule has 2 aromatic carbocycles. The fourth-order valence-electron chi connectivity index (χ4n) is 3.62. The lowest BCUT2D eigenvalue weighted by Gasteiger charge is -2.26. The lowest BCUT2D eigenvalue weighted by atomic mass is 10.1. The van der Waals surface area contributed by atoms with Crippen molar-refractivity contribution < 1.29 is 23.5 Å². The average molecular weight is 563 g/mol. The number of carbonyl (C=O) groups is 2. The zero-order valence-corrected chi connectivity index (χ0v) is 22.6. The van der Waals surface area contributed by atoms with Crippen LogP contribution in [0.4, 0.5) is 10.2 Å². The predicted molar refractivity (Wildman–Crippen MR) is 146 cm³/mol. The number of ether oxygens (including phenoxy) is 2. The second-order valence-electron chi connectivity index (χ2n) is 8.39. The molecule has 0 saturated carbocycles. The summed E-state index contributed by atoms with van der Waals surface area (Å²) in [6.45, 7) is 4.21. The van der Waals surface area contributed by atoms with E-state index in [1.54, 1.807) is 36.3 Å². The maximum Gasteiger partial charge on any atom is 0.260 e. The van der Waals surface area contributed by atoms with Crippen LogP contribution in [-0.4, -0.2) is 62.0 Å². The van der Waals surface area contributed by atoms with Crippen LogP contribution in [0, 0.1) is 5.82 Å². The summed E-state index contributed by atoms with van der Waals surface area (Å²) in [4.78, 5) is 28.8. The molecule has 1 saturated heterocycles. The molecule has 0 radical (unpaired) electrons. The topological polar surface area (TPSA) is 107 Å². The summed E-state index contributed by atoms with van der Waals surface area (Å²) < 4.78 is 23.8. The van der Waals surface area contributed by atoms with Crippen molar-refractivity contribution in [2.45, 2.75) is 13.0 Å². The highest BCUT2D eigenvalue weighted by molar-refractivity contribution is 6.36. The summed E-state index contributed by atoms with van der Waals surface area (Å²) in [7, 11) is 1.77. The van der Waals surface area contributed by atoms with E-state index in [9.17, 15) is 14.0 Å². The van der Waals surface area contributed by atoms with Gasteiger partial charge in [0, 0.05) is 41.5 Å². The van der Waals surface area contributed by atoms with Gasteiger partial charge in [-0.3, -0.25) is 9.59 Å². The van der Waals surface area contributed by atoms with Gasteiger partial charge in [0.2, 0.25) is 0 Å². The molecule has 0 spiro atoms. The number of hydrogen-bond acceptors (Lipinski definition) is 7. The van der Waals surface area contributed by atoms with Crippen molar-refractivity contribution in [2.24, 2.45) is 0 Å². The summed E-state index contributed by atoms with van der Waals surface area (Å²) in [5.41, 5.74) is 8.25.